The third-order valence-corrected chi connectivity index (χ3v) is 14.8. The van der Waals surface area contributed by atoms with Crippen molar-refractivity contribution < 1.29 is 12.3 Å². The lowest BCUT2D eigenvalue weighted by Crippen LogP contribution is -2.60. The molecule has 0 aromatic heterocycles. The molecule has 0 fully saturated rings. The van der Waals surface area contributed by atoms with Crippen molar-refractivity contribution in [3.8, 4) is 0 Å². The van der Waals surface area contributed by atoms with Crippen LogP contribution in [0.2, 0.25) is 65.0 Å². The van der Waals surface area contributed by atoms with Gasteiger partial charge in [-0.25, -0.2) is 0 Å². The standard InChI is InChI=1S/C16H40O3Si4/c1-11-12-13-14-15-16-23(17-20(2,3)4,18-21(5,6)7)19-22(8,9)10/h11H,1,12-16H2,2-10H3. The third-order valence-electron chi connectivity index (χ3n) is 2.78. The van der Waals surface area contributed by atoms with Crippen LogP contribution in [0.3, 0.4) is 0 Å². The maximum Gasteiger partial charge on any atom is 0.469 e. The first kappa shape index (κ1) is 23.5. The minimum absolute atomic E-state index is 0.961. The molecule has 0 spiro atoms. The topological polar surface area (TPSA) is 27.7 Å². The maximum absolute atomic E-state index is 6.67. The summed E-state index contributed by atoms with van der Waals surface area (Å²) in [7, 11) is -7.79. The highest BCUT2D eigenvalue weighted by atomic mass is 28.5. The highest BCUT2D eigenvalue weighted by Crippen LogP contribution is 2.30. The molecule has 0 saturated heterocycles. The summed E-state index contributed by atoms with van der Waals surface area (Å²) < 4.78 is 20.0. The summed E-state index contributed by atoms with van der Waals surface area (Å²) in [5, 5.41) is 0. The molecule has 0 unspecified atom stereocenters. The number of unbranched alkanes of at least 4 members (excludes halogenated alkanes) is 3. The van der Waals surface area contributed by atoms with E-state index in [-0.39, 0.29) is 0 Å². The van der Waals surface area contributed by atoms with Crippen LogP contribution < -0.4 is 0 Å². The fraction of sp³-hybridized carbons (Fsp3) is 0.875. The Morgan fingerprint density at radius 1 is 0.652 bits per heavy atom. The van der Waals surface area contributed by atoms with E-state index in [2.05, 4.69) is 65.5 Å². The van der Waals surface area contributed by atoms with Crippen LogP contribution in [0.1, 0.15) is 25.7 Å². The highest BCUT2D eigenvalue weighted by Gasteiger charge is 2.49. The minimum Gasteiger partial charge on any atom is -0.417 e. The van der Waals surface area contributed by atoms with Crippen molar-refractivity contribution in [2.75, 3.05) is 0 Å². The Hall–Kier alpha value is 0.488. The van der Waals surface area contributed by atoms with E-state index in [0.29, 0.717) is 0 Å². The molecule has 0 heterocycles. The molecule has 0 aromatic rings. The summed E-state index contributed by atoms with van der Waals surface area (Å²) in [5.74, 6) is 0. The Kier molecular flexibility index (Phi) is 9.45. The zero-order valence-corrected chi connectivity index (χ0v) is 21.0. The van der Waals surface area contributed by atoms with Crippen molar-refractivity contribution in [3.05, 3.63) is 12.7 Å². The van der Waals surface area contributed by atoms with E-state index < -0.39 is 33.8 Å². The average molecular weight is 393 g/mol. The number of allylic oxidation sites excluding steroid dienone is 1. The second-order valence-electron chi connectivity index (χ2n) is 9.21. The Labute approximate surface area is 149 Å². The summed E-state index contributed by atoms with van der Waals surface area (Å²) >= 11 is 0. The lowest BCUT2D eigenvalue weighted by atomic mass is 10.2. The van der Waals surface area contributed by atoms with Crippen LogP contribution in [-0.4, -0.2) is 33.8 Å². The Morgan fingerprint density at radius 3 is 1.35 bits per heavy atom. The van der Waals surface area contributed by atoms with Gasteiger partial charge in [0.1, 0.15) is 0 Å². The quantitative estimate of drug-likeness (QED) is 0.224. The van der Waals surface area contributed by atoms with Gasteiger partial charge in [0.2, 0.25) is 0 Å². The van der Waals surface area contributed by atoms with Gasteiger partial charge < -0.3 is 12.3 Å². The van der Waals surface area contributed by atoms with Crippen molar-refractivity contribution in [1.82, 2.24) is 0 Å². The van der Waals surface area contributed by atoms with Gasteiger partial charge in [0.25, 0.3) is 0 Å². The molecule has 7 heteroatoms. The van der Waals surface area contributed by atoms with Crippen LogP contribution >= 0.6 is 0 Å². The Balaban J connectivity index is 5.24. The van der Waals surface area contributed by atoms with E-state index in [1.165, 1.54) is 12.8 Å². The maximum atomic E-state index is 6.67. The van der Waals surface area contributed by atoms with E-state index in [0.717, 1.165) is 18.9 Å². The number of hydrogen-bond donors (Lipinski definition) is 0. The van der Waals surface area contributed by atoms with Crippen molar-refractivity contribution in [2.24, 2.45) is 0 Å². The molecule has 0 atom stereocenters. The van der Waals surface area contributed by atoms with Crippen LogP contribution in [0.5, 0.6) is 0 Å². The molecule has 23 heavy (non-hydrogen) atoms. The average Bonchev–Trinajstić information content (AvgIpc) is 2.20. The predicted molar refractivity (Wildman–Crippen MR) is 113 cm³/mol. The van der Waals surface area contributed by atoms with Crippen LogP contribution in [0.4, 0.5) is 0 Å². The SMILES string of the molecule is C=CCCCCC[Si](O[Si](C)(C)C)(O[Si](C)(C)C)O[Si](C)(C)C. The first-order valence-electron chi connectivity index (χ1n) is 8.89. The van der Waals surface area contributed by atoms with Crippen molar-refractivity contribution in [1.29, 1.82) is 0 Å². The van der Waals surface area contributed by atoms with E-state index in [1.807, 2.05) is 6.08 Å². The molecule has 0 aliphatic carbocycles. The zero-order chi connectivity index (χ0) is 18.4. The van der Waals surface area contributed by atoms with Gasteiger partial charge >= 0.3 is 8.80 Å². The van der Waals surface area contributed by atoms with Gasteiger partial charge in [0.05, 0.1) is 0 Å². The van der Waals surface area contributed by atoms with Gasteiger partial charge in [-0.3, -0.25) is 0 Å². The molecule has 0 radical (unpaired) electrons. The van der Waals surface area contributed by atoms with Gasteiger partial charge in [-0.15, -0.1) is 6.58 Å². The number of hydrogen-bond acceptors (Lipinski definition) is 3. The summed E-state index contributed by atoms with van der Waals surface area (Å²) in [6, 6.07) is 0.961. The van der Waals surface area contributed by atoms with E-state index in [4.69, 9.17) is 12.3 Å². The van der Waals surface area contributed by atoms with E-state index >= 15 is 0 Å². The summed E-state index contributed by atoms with van der Waals surface area (Å²) in [6.45, 7) is 24.0. The van der Waals surface area contributed by atoms with Crippen LogP contribution in [0.25, 0.3) is 0 Å². The van der Waals surface area contributed by atoms with E-state index in [1.54, 1.807) is 0 Å². The minimum atomic E-state index is -2.60. The van der Waals surface area contributed by atoms with Gasteiger partial charge in [0.15, 0.2) is 25.0 Å². The lowest BCUT2D eigenvalue weighted by molar-refractivity contribution is 0.250. The normalized spacial score (nSPS) is 14.1. The summed E-state index contributed by atoms with van der Waals surface area (Å²) in [6.07, 6.45) is 6.60. The summed E-state index contributed by atoms with van der Waals surface area (Å²) in [4.78, 5) is 0. The lowest BCUT2D eigenvalue weighted by Gasteiger charge is -2.43. The monoisotopic (exact) mass is 392 g/mol. The van der Waals surface area contributed by atoms with Crippen molar-refractivity contribution in [2.45, 2.75) is 90.7 Å². The first-order chi connectivity index (χ1) is 10.2. The predicted octanol–water partition coefficient (Wildman–Crippen LogP) is 6.23. The molecular weight excluding hydrogens is 353 g/mol. The van der Waals surface area contributed by atoms with Crippen molar-refractivity contribution >= 4 is 33.8 Å². The molecule has 0 N–H and O–H groups in total. The van der Waals surface area contributed by atoms with Gasteiger partial charge in [-0.05, 0) is 78.2 Å². The van der Waals surface area contributed by atoms with E-state index in [9.17, 15) is 0 Å². The molecular formula is C16H40O3Si4. The van der Waals surface area contributed by atoms with Gasteiger partial charge in [-0.2, -0.15) is 0 Å². The fourth-order valence-electron chi connectivity index (χ4n) is 2.42. The summed E-state index contributed by atoms with van der Waals surface area (Å²) in [5.41, 5.74) is 0. The Bertz CT molecular complexity index is 313. The van der Waals surface area contributed by atoms with Gasteiger partial charge in [-0.1, -0.05) is 12.5 Å². The molecule has 0 bridgehead atoms. The molecule has 0 amide bonds. The molecule has 0 aromatic carbocycles. The highest BCUT2D eigenvalue weighted by molar-refractivity contribution is 6.90. The second kappa shape index (κ2) is 9.26. The van der Waals surface area contributed by atoms with Crippen LogP contribution in [0.15, 0.2) is 12.7 Å². The first-order valence-corrected chi connectivity index (χ1v) is 21.1. The second-order valence-corrected chi connectivity index (χ2v) is 26.2. The fourth-order valence-corrected chi connectivity index (χ4v) is 17.2. The van der Waals surface area contributed by atoms with Crippen LogP contribution in [0, 0.1) is 0 Å². The molecule has 0 rings (SSSR count). The smallest absolute Gasteiger partial charge is 0.417 e. The molecule has 3 nitrogen and oxygen atoms in total. The zero-order valence-electron chi connectivity index (χ0n) is 17.0. The third kappa shape index (κ3) is 13.5. The molecule has 0 aliphatic heterocycles. The van der Waals surface area contributed by atoms with Crippen molar-refractivity contribution in [3.63, 3.8) is 0 Å². The Morgan fingerprint density at radius 2 is 1.04 bits per heavy atom. The molecule has 138 valence electrons. The van der Waals surface area contributed by atoms with Crippen LogP contribution in [-0.2, 0) is 12.3 Å². The largest absolute Gasteiger partial charge is 0.469 e. The molecule has 0 aliphatic rings. The molecule has 0 saturated carbocycles. The number of rotatable bonds is 12. The van der Waals surface area contributed by atoms with Gasteiger partial charge in [0, 0.05) is 6.04 Å².